The number of nitrogens with one attached hydrogen (secondary N) is 1. The molecule has 1 aromatic heterocycles. The molecule has 38 heavy (non-hydrogen) atoms. The summed E-state index contributed by atoms with van der Waals surface area (Å²) in [5.74, 6) is 0.923. The third-order valence-corrected chi connectivity index (χ3v) is 8.41. The zero-order chi connectivity index (χ0) is 27.2. The van der Waals surface area contributed by atoms with Gasteiger partial charge in [-0.2, -0.15) is 0 Å². The van der Waals surface area contributed by atoms with E-state index in [1.807, 2.05) is 31.0 Å². The van der Waals surface area contributed by atoms with Crippen molar-refractivity contribution in [2.45, 2.75) is 65.5 Å². The molecule has 0 spiro atoms. The van der Waals surface area contributed by atoms with E-state index in [-0.39, 0.29) is 12.1 Å². The SMILES string of the molecule is Cc1cc(-c2ncc(-c3cccc(C)c3CCCNC(=O)N3CCC(N(C)C)CC3)s2)ccc1OC(C)C. The Labute approximate surface area is 232 Å². The third kappa shape index (κ3) is 6.94. The van der Waals surface area contributed by atoms with Gasteiger partial charge in [-0.25, -0.2) is 9.78 Å². The summed E-state index contributed by atoms with van der Waals surface area (Å²) in [5, 5.41) is 4.16. The minimum Gasteiger partial charge on any atom is -0.491 e. The lowest BCUT2D eigenvalue weighted by molar-refractivity contribution is 0.148. The molecule has 0 saturated carbocycles. The molecule has 0 radical (unpaired) electrons. The number of thiazole rings is 1. The number of likely N-dealkylation sites (tertiary alicyclic amines) is 1. The molecule has 1 saturated heterocycles. The number of hydrogen-bond donors (Lipinski definition) is 1. The Kier molecular flexibility index (Phi) is 9.44. The fourth-order valence-electron chi connectivity index (χ4n) is 5.12. The Balaban J connectivity index is 1.37. The Morgan fingerprint density at radius 1 is 1.16 bits per heavy atom. The van der Waals surface area contributed by atoms with E-state index in [1.54, 1.807) is 11.3 Å². The molecule has 0 unspecified atom stereocenters. The van der Waals surface area contributed by atoms with E-state index in [9.17, 15) is 4.79 Å². The van der Waals surface area contributed by atoms with Crippen LogP contribution in [0, 0.1) is 13.8 Å². The van der Waals surface area contributed by atoms with Crippen LogP contribution in [-0.4, -0.2) is 66.7 Å². The van der Waals surface area contributed by atoms with E-state index in [2.05, 4.69) is 68.5 Å². The van der Waals surface area contributed by atoms with Gasteiger partial charge >= 0.3 is 6.03 Å². The highest BCUT2D eigenvalue weighted by Gasteiger charge is 2.23. The quantitative estimate of drug-likeness (QED) is 0.316. The van der Waals surface area contributed by atoms with Gasteiger partial charge in [0.15, 0.2) is 0 Å². The summed E-state index contributed by atoms with van der Waals surface area (Å²) in [6.07, 6.45) is 6.04. The summed E-state index contributed by atoms with van der Waals surface area (Å²) in [7, 11) is 4.24. The third-order valence-electron chi connectivity index (χ3n) is 7.33. The number of carbonyl (C=O) groups is 1. The van der Waals surface area contributed by atoms with Gasteiger partial charge < -0.3 is 19.9 Å². The molecule has 4 rings (SSSR count). The summed E-state index contributed by atoms with van der Waals surface area (Å²) in [5.41, 5.74) is 6.08. The number of amides is 2. The topological polar surface area (TPSA) is 57.7 Å². The summed E-state index contributed by atoms with van der Waals surface area (Å²) in [6, 6.07) is 13.4. The molecule has 2 aromatic carbocycles. The number of benzene rings is 2. The van der Waals surface area contributed by atoms with Crippen molar-refractivity contribution in [1.82, 2.24) is 20.1 Å². The Hall–Kier alpha value is -2.90. The first kappa shape index (κ1) is 28.1. The Morgan fingerprint density at radius 3 is 2.61 bits per heavy atom. The number of ether oxygens (including phenoxy) is 1. The maximum atomic E-state index is 12.7. The predicted molar refractivity (Wildman–Crippen MR) is 158 cm³/mol. The molecule has 6 nitrogen and oxygen atoms in total. The zero-order valence-corrected chi connectivity index (χ0v) is 24.5. The molecule has 7 heteroatoms. The molecule has 1 fully saturated rings. The van der Waals surface area contributed by atoms with E-state index in [1.165, 1.54) is 21.6 Å². The van der Waals surface area contributed by atoms with Gasteiger partial charge in [-0.05, 0) is 108 Å². The number of aryl methyl sites for hydroxylation is 2. The van der Waals surface area contributed by atoms with E-state index in [0.29, 0.717) is 12.6 Å². The van der Waals surface area contributed by atoms with E-state index in [0.717, 1.165) is 60.7 Å². The van der Waals surface area contributed by atoms with Crippen molar-refractivity contribution in [2.75, 3.05) is 33.7 Å². The largest absolute Gasteiger partial charge is 0.491 e. The van der Waals surface area contributed by atoms with Crippen molar-refractivity contribution in [1.29, 1.82) is 0 Å². The van der Waals surface area contributed by atoms with Crippen molar-refractivity contribution in [3.05, 3.63) is 59.3 Å². The second-order valence-electron chi connectivity index (χ2n) is 10.8. The molecule has 1 aliphatic heterocycles. The summed E-state index contributed by atoms with van der Waals surface area (Å²) < 4.78 is 5.90. The molecule has 2 heterocycles. The van der Waals surface area contributed by atoms with Crippen LogP contribution in [0.4, 0.5) is 4.79 Å². The highest BCUT2D eigenvalue weighted by molar-refractivity contribution is 7.18. The molecular weight excluding hydrogens is 492 g/mol. The molecule has 1 aliphatic rings. The maximum absolute atomic E-state index is 12.7. The number of hydrogen-bond acceptors (Lipinski definition) is 5. The molecule has 204 valence electrons. The Bertz CT molecular complexity index is 1230. The van der Waals surface area contributed by atoms with Gasteiger partial charge in [0, 0.05) is 37.4 Å². The van der Waals surface area contributed by atoms with Crippen LogP contribution in [0.1, 0.15) is 49.8 Å². The van der Waals surface area contributed by atoms with Crippen LogP contribution in [0.3, 0.4) is 0 Å². The maximum Gasteiger partial charge on any atom is 0.317 e. The second kappa shape index (κ2) is 12.8. The van der Waals surface area contributed by atoms with Gasteiger partial charge in [0.2, 0.25) is 0 Å². The van der Waals surface area contributed by atoms with Gasteiger partial charge in [-0.15, -0.1) is 11.3 Å². The number of urea groups is 1. The molecular formula is C31H42N4O2S. The van der Waals surface area contributed by atoms with Crippen LogP contribution >= 0.6 is 11.3 Å². The normalized spacial score (nSPS) is 14.4. The first-order valence-electron chi connectivity index (χ1n) is 13.7. The molecule has 3 aromatic rings. The van der Waals surface area contributed by atoms with Crippen molar-refractivity contribution in [3.63, 3.8) is 0 Å². The lowest BCUT2D eigenvalue weighted by Crippen LogP contribution is -2.48. The van der Waals surface area contributed by atoms with E-state index >= 15 is 0 Å². The van der Waals surface area contributed by atoms with Crippen LogP contribution in [0.5, 0.6) is 5.75 Å². The number of piperidine rings is 1. The van der Waals surface area contributed by atoms with Gasteiger partial charge in [0.05, 0.1) is 11.0 Å². The van der Waals surface area contributed by atoms with Crippen molar-refractivity contribution < 1.29 is 9.53 Å². The first-order valence-corrected chi connectivity index (χ1v) is 14.6. The lowest BCUT2D eigenvalue weighted by Gasteiger charge is -2.35. The van der Waals surface area contributed by atoms with Gasteiger partial charge in [0.25, 0.3) is 0 Å². The zero-order valence-electron chi connectivity index (χ0n) is 23.7. The fourth-order valence-corrected chi connectivity index (χ4v) is 6.09. The summed E-state index contributed by atoms with van der Waals surface area (Å²) in [4.78, 5) is 22.8. The van der Waals surface area contributed by atoms with Gasteiger partial charge in [-0.1, -0.05) is 18.2 Å². The van der Waals surface area contributed by atoms with E-state index < -0.39 is 0 Å². The second-order valence-corrected chi connectivity index (χ2v) is 11.8. The van der Waals surface area contributed by atoms with Crippen molar-refractivity contribution in [3.8, 4) is 26.8 Å². The number of aromatic nitrogens is 1. The van der Waals surface area contributed by atoms with Crippen LogP contribution < -0.4 is 10.1 Å². The average molecular weight is 535 g/mol. The van der Waals surface area contributed by atoms with Crippen molar-refractivity contribution >= 4 is 17.4 Å². The van der Waals surface area contributed by atoms with E-state index in [4.69, 9.17) is 9.72 Å². The summed E-state index contributed by atoms with van der Waals surface area (Å²) >= 11 is 1.72. The fraction of sp³-hybridized carbons (Fsp3) is 0.484. The summed E-state index contributed by atoms with van der Waals surface area (Å²) in [6.45, 7) is 10.7. The van der Waals surface area contributed by atoms with Crippen LogP contribution in [0.15, 0.2) is 42.6 Å². The highest BCUT2D eigenvalue weighted by Crippen LogP contribution is 2.36. The van der Waals surface area contributed by atoms with Crippen LogP contribution in [0.25, 0.3) is 21.0 Å². The smallest absolute Gasteiger partial charge is 0.317 e. The number of nitrogens with zero attached hydrogens (tertiary/aromatic N) is 3. The van der Waals surface area contributed by atoms with Crippen molar-refractivity contribution in [2.24, 2.45) is 0 Å². The van der Waals surface area contributed by atoms with Crippen LogP contribution in [-0.2, 0) is 6.42 Å². The minimum absolute atomic E-state index is 0.0689. The Morgan fingerprint density at radius 2 is 1.92 bits per heavy atom. The predicted octanol–water partition coefficient (Wildman–Crippen LogP) is 6.55. The van der Waals surface area contributed by atoms with Gasteiger partial charge in [-0.3, -0.25) is 0 Å². The minimum atomic E-state index is 0.0689. The van der Waals surface area contributed by atoms with Crippen LogP contribution in [0.2, 0.25) is 0 Å². The number of rotatable bonds is 9. The molecule has 0 atom stereocenters. The monoisotopic (exact) mass is 534 g/mol. The average Bonchev–Trinajstić information content (AvgIpc) is 3.38. The molecule has 1 N–H and O–H groups in total. The molecule has 0 bridgehead atoms. The molecule has 0 aliphatic carbocycles. The number of carbonyl (C=O) groups excluding carboxylic acids is 1. The lowest BCUT2D eigenvalue weighted by atomic mass is 9.97. The first-order chi connectivity index (χ1) is 18.2. The standard InChI is InChI=1S/C31H42N4O2S/c1-21(2)37-28-13-12-24(19-23(28)4)30-33-20-29(38-30)27-10-7-9-22(3)26(27)11-8-16-32-31(36)35-17-14-25(15-18-35)34(5)6/h7,9-10,12-13,19-21,25H,8,11,14-18H2,1-6H3,(H,32,36). The molecule has 2 amide bonds. The highest BCUT2D eigenvalue weighted by atomic mass is 32.1. The van der Waals surface area contributed by atoms with Gasteiger partial charge in [0.1, 0.15) is 10.8 Å².